The Morgan fingerprint density at radius 3 is 2.15 bits per heavy atom. The zero-order chi connectivity index (χ0) is 10.2. The average Bonchev–Trinajstić information content (AvgIpc) is 2.26. The van der Waals surface area contributed by atoms with Gasteiger partial charge < -0.3 is 20.2 Å². The molecule has 0 atom stereocenters. The molecule has 1 heterocycles. The molecule has 0 aliphatic rings. The summed E-state index contributed by atoms with van der Waals surface area (Å²) in [6.45, 7) is 0. The minimum atomic E-state index is -0.795. The Kier molecular flexibility index (Phi) is 2.28. The SMILES string of the molecule is Cn1nc([N+](=O)[O-])c(Br)c1[N+](=O)[O-]. The van der Waals surface area contributed by atoms with Gasteiger partial charge >= 0.3 is 11.6 Å². The van der Waals surface area contributed by atoms with E-state index < -0.39 is 21.5 Å². The molecular weight excluding hydrogens is 248 g/mol. The van der Waals surface area contributed by atoms with Crippen LogP contribution in [0.1, 0.15) is 0 Å². The Morgan fingerprint density at radius 1 is 1.38 bits per heavy atom. The van der Waals surface area contributed by atoms with Crippen molar-refractivity contribution < 1.29 is 9.85 Å². The fourth-order valence-corrected chi connectivity index (χ4v) is 1.42. The Balaban J connectivity index is 3.39. The molecule has 0 N–H and O–H groups in total. The van der Waals surface area contributed by atoms with Crippen LogP contribution in [-0.2, 0) is 7.05 Å². The van der Waals surface area contributed by atoms with Gasteiger partial charge in [-0.2, -0.15) is 0 Å². The maximum absolute atomic E-state index is 10.4. The molecule has 0 radical (unpaired) electrons. The van der Waals surface area contributed by atoms with Crippen LogP contribution in [0.4, 0.5) is 11.6 Å². The normalized spacial score (nSPS) is 10.0. The molecule has 0 fully saturated rings. The van der Waals surface area contributed by atoms with Gasteiger partial charge in [0.05, 0.1) is 0 Å². The Labute approximate surface area is 79.6 Å². The molecule has 0 saturated carbocycles. The van der Waals surface area contributed by atoms with Crippen LogP contribution >= 0.6 is 15.9 Å². The molecule has 8 nitrogen and oxygen atoms in total. The summed E-state index contributed by atoms with van der Waals surface area (Å²) in [5, 5.41) is 24.0. The van der Waals surface area contributed by atoms with Crippen molar-refractivity contribution in [3.63, 3.8) is 0 Å². The average molecular weight is 251 g/mol. The highest BCUT2D eigenvalue weighted by atomic mass is 79.9. The molecule has 1 rings (SSSR count). The van der Waals surface area contributed by atoms with Crippen LogP contribution in [0.5, 0.6) is 0 Å². The fourth-order valence-electron chi connectivity index (χ4n) is 0.790. The van der Waals surface area contributed by atoms with Crippen molar-refractivity contribution in [1.29, 1.82) is 0 Å². The molecule has 13 heavy (non-hydrogen) atoms. The van der Waals surface area contributed by atoms with E-state index in [-0.39, 0.29) is 4.47 Å². The quantitative estimate of drug-likeness (QED) is 0.575. The second kappa shape index (κ2) is 3.09. The van der Waals surface area contributed by atoms with Gasteiger partial charge in [-0.15, -0.1) is 0 Å². The molecule has 0 unspecified atom stereocenters. The summed E-state index contributed by atoms with van der Waals surface area (Å²) in [7, 11) is 1.26. The Hall–Kier alpha value is -1.51. The summed E-state index contributed by atoms with van der Waals surface area (Å²) in [5.74, 6) is -0.999. The van der Waals surface area contributed by atoms with E-state index in [0.717, 1.165) is 4.68 Å². The first kappa shape index (κ1) is 9.58. The van der Waals surface area contributed by atoms with Gasteiger partial charge in [-0.05, 0) is 30.5 Å². The minimum absolute atomic E-state index is 0.218. The van der Waals surface area contributed by atoms with Gasteiger partial charge in [0.15, 0.2) is 0 Å². The molecule has 0 amide bonds. The highest BCUT2D eigenvalue weighted by Gasteiger charge is 2.32. The van der Waals surface area contributed by atoms with Crippen LogP contribution in [0.15, 0.2) is 4.47 Å². The number of hydrogen-bond acceptors (Lipinski definition) is 5. The van der Waals surface area contributed by atoms with Gasteiger partial charge in [0.25, 0.3) is 0 Å². The predicted octanol–water partition coefficient (Wildman–Crippen LogP) is 0.999. The van der Waals surface area contributed by atoms with Crippen molar-refractivity contribution >= 4 is 27.6 Å². The van der Waals surface area contributed by atoms with Crippen molar-refractivity contribution in [1.82, 2.24) is 9.78 Å². The highest BCUT2D eigenvalue weighted by Crippen LogP contribution is 2.32. The standard InChI is InChI=1S/C4H3BrN4O4/c1-7-4(9(12)13)2(5)3(6-7)8(10)11/h1H3. The summed E-state index contributed by atoms with van der Waals surface area (Å²) in [4.78, 5) is 19.1. The molecule has 0 aliphatic heterocycles. The van der Waals surface area contributed by atoms with E-state index in [9.17, 15) is 20.2 Å². The number of nitro groups is 2. The first-order valence-corrected chi connectivity index (χ1v) is 3.75. The lowest BCUT2D eigenvalue weighted by atomic mass is 10.6. The number of halogens is 1. The van der Waals surface area contributed by atoms with Gasteiger partial charge in [0.1, 0.15) is 12.1 Å². The van der Waals surface area contributed by atoms with E-state index in [0.29, 0.717) is 0 Å². The molecule has 0 spiro atoms. The van der Waals surface area contributed by atoms with Crippen molar-refractivity contribution in [2.45, 2.75) is 0 Å². The van der Waals surface area contributed by atoms with Gasteiger partial charge in [-0.1, -0.05) is 0 Å². The predicted molar refractivity (Wildman–Crippen MR) is 44.2 cm³/mol. The Morgan fingerprint density at radius 2 is 1.92 bits per heavy atom. The zero-order valence-electron chi connectivity index (χ0n) is 6.30. The molecular formula is C4H3BrN4O4. The van der Waals surface area contributed by atoms with Gasteiger partial charge in [0.2, 0.25) is 4.47 Å². The van der Waals surface area contributed by atoms with E-state index in [2.05, 4.69) is 21.0 Å². The number of aryl methyl sites for hydroxylation is 1. The molecule has 0 bridgehead atoms. The molecule has 0 saturated heterocycles. The lowest BCUT2D eigenvalue weighted by Crippen LogP contribution is -1.98. The van der Waals surface area contributed by atoms with Crippen LogP contribution in [0.2, 0.25) is 0 Å². The van der Waals surface area contributed by atoms with Crippen LogP contribution < -0.4 is 0 Å². The van der Waals surface area contributed by atoms with E-state index in [1.54, 1.807) is 0 Å². The summed E-state index contributed by atoms with van der Waals surface area (Å²) >= 11 is 2.74. The lowest BCUT2D eigenvalue weighted by Gasteiger charge is -1.89. The summed E-state index contributed by atoms with van der Waals surface area (Å²) in [6, 6.07) is 0. The minimum Gasteiger partial charge on any atom is -0.358 e. The molecule has 0 aliphatic carbocycles. The van der Waals surface area contributed by atoms with Crippen LogP contribution in [0, 0.1) is 20.2 Å². The monoisotopic (exact) mass is 250 g/mol. The van der Waals surface area contributed by atoms with Crippen LogP contribution in [-0.4, -0.2) is 19.6 Å². The van der Waals surface area contributed by atoms with E-state index in [1.165, 1.54) is 7.05 Å². The summed E-state index contributed by atoms with van der Waals surface area (Å²) in [5.41, 5.74) is 0. The Bertz CT molecular complexity index is 386. The second-order valence-corrected chi connectivity index (χ2v) is 2.89. The number of aromatic nitrogens is 2. The third-order valence-electron chi connectivity index (χ3n) is 1.29. The fraction of sp³-hybridized carbons (Fsp3) is 0.250. The molecule has 9 heteroatoms. The van der Waals surface area contributed by atoms with Gasteiger partial charge in [-0.25, -0.2) is 0 Å². The molecule has 1 aromatic heterocycles. The molecule has 70 valence electrons. The molecule has 0 aromatic carbocycles. The molecule has 1 aromatic rings. The van der Waals surface area contributed by atoms with E-state index in [4.69, 9.17) is 0 Å². The number of nitrogens with zero attached hydrogens (tertiary/aromatic N) is 4. The summed E-state index contributed by atoms with van der Waals surface area (Å²) < 4.78 is 0.618. The van der Waals surface area contributed by atoms with Crippen molar-refractivity contribution in [3.8, 4) is 0 Å². The van der Waals surface area contributed by atoms with Gasteiger partial charge in [0, 0.05) is 0 Å². The smallest absolute Gasteiger partial charge is 0.358 e. The third kappa shape index (κ3) is 1.49. The highest BCUT2D eigenvalue weighted by molar-refractivity contribution is 9.10. The van der Waals surface area contributed by atoms with Crippen molar-refractivity contribution in [3.05, 3.63) is 24.7 Å². The maximum atomic E-state index is 10.4. The largest absolute Gasteiger partial charge is 0.434 e. The van der Waals surface area contributed by atoms with Crippen LogP contribution in [0.25, 0.3) is 0 Å². The first-order valence-electron chi connectivity index (χ1n) is 2.96. The first-order chi connectivity index (χ1) is 5.95. The van der Waals surface area contributed by atoms with Crippen molar-refractivity contribution in [2.24, 2.45) is 7.05 Å². The van der Waals surface area contributed by atoms with Crippen LogP contribution in [0.3, 0.4) is 0 Å². The number of hydrogen-bond donors (Lipinski definition) is 0. The van der Waals surface area contributed by atoms with Crippen molar-refractivity contribution in [2.75, 3.05) is 0 Å². The summed E-state index contributed by atoms with van der Waals surface area (Å²) in [6.07, 6.45) is 0. The topological polar surface area (TPSA) is 104 Å². The zero-order valence-corrected chi connectivity index (χ0v) is 7.89. The second-order valence-electron chi connectivity index (χ2n) is 2.10. The maximum Gasteiger partial charge on any atom is 0.434 e. The third-order valence-corrected chi connectivity index (χ3v) is 2.00. The number of rotatable bonds is 2. The van der Waals surface area contributed by atoms with Gasteiger partial charge in [-0.3, -0.25) is 0 Å². The van der Waals surface area contributed by atoms with E-state index in [1.807, 2.05) is 0 Å². The van der Waals surface area contributed by atoms with E-state index >= 15 is 0 Å². The lowest BCUT2D eigenvalue weighted by molar-refractivity contribution is -0.396.